The largest absolute Gasteiger partial charge is 0.361 e. The lowest BCUT2D eigenvalue weighted by Crippen LogP contribution is -2.28. The molecule has 1 aliphatic carbocycles. The van der Waals surface area contributed by atoms with E-state index in [1.165, 1.54) is 18.4 Å². The van der Waals surface area contributed by atoms with Gasteiger partial charge in [0.2, 0.25) is 0 Å². The zero-order valence-corrected chi connectivity index (χ0v) is 14.8. The van der Waals surface area contributed by atoms with Gasteiger partial charge in [0.1, 0.15) is 11.5 Å². The monoisotopic (exact) mass is 339 g/mol. The van der Waals surface area contributed by atoms with Gasteiger partial charge < -0.3 is 14.7 Å². The third-order valence-electron chi connectivity index (χ3n) is 5.46. The molecule has 5 nitrogen and oxygen atoms in total. The first-order valence-corrected chi connectivity index (χ1v) is 9.25. The number of carbonyl (C=O) groups excluding carboxylic acids is 1. The number of nitrogens with zero attached hydrogens (tertiary/aromatic N) is 2. The molecule has 0 unspecified atom stereocenters. The summed E-state index contributed by atoms with van der Waals surface area (Å²) in [7, 11) is 1.86. The van der Waals surface area contributed by atoms with Gasteiger partial charge in [-0.2, -0.15) is 0 Å². The van der Waals surface area contributed by atoms with E-state index in [-0.39, 0.29) is 5.91 Å². The Morgan fingerprint density at radius 3 is 3.00 bits per heavy atom. The van der Waals surface area contributed by atoms with Crippen molar-refractivity contribution in [3.8, 4) is 0 Å². The predicted octanol–water partition coefficient (Wildman–Crippen LogP) is 2.90. The third-order valence-corrected chi connectivity index (χ3v) is 5.46. The highest BCUT2D eigenvalue weighted by Gasteiger charge is 2.25. The highest BCUT2D eigenvalue weighted by Crippen LogP contribution is 2.28. The lowest BCUT2D eigenvalue weighted by Gasteiger charge is -2.21. The molecule has 1 amide bonds. The van der Waals surface area contributed by atoms with Gasteiger partial charge in [-0.1, -0.05) is 23.4 Å². The van der Waals surface area contributed by atoms with Gasteiger partial charge in [0.05, 0.1) is 6.54 Å². The summed E-state index contributed by atoms with van der Waals surface area (Å²) in [6, 6.07) is 8.02. The van der Waals surface area contributed by atoms with Crippen molar-refractivity contribution in [1.29, 1.82) is 0 Å². The smallest absolute Gasteiger partial charge is 0.254 e. The molecule has 5 heteroatoms. The number of hydrogen-bond acceptors (Lipinski definition) is 4. The molecule has 0 bridgehead atoms. The van der Waals surface area contributed by atoms with Crippen LogP contribution in [-0.2, 0) is 19.4 Å². The van der Waals surface area contributed by atoms with Gasteiger partial charge in [0.15, 0.2) is 0 Å². The molecule has 4 rings (SSSR count). The maximum atomic E-state index is 13.1. The Balaban J connectivity index is 1.54. The Morgan fingerprint density at radius 2 is 2.16 bits per heavy atom. The normalized spacial score (nSPS) is 19.6. The Kier molecular flexibility index (Phi) is 4.57. The first-order valence-electron chi connectivity index (χ1n) is 9.25. The zero-order valence-electron chi connectivity index (χ0n) is 14.8. The second-order valence-electron chi connectivity index (χ2n) is 7.18. The molecule has 1 N–H and O–H groups in total. The molecule has 1 fully saturated rings. The fourth-order valence-electron chi connectivity index (χ4n) is 4.04. The minimum absolute atomic E-state index is 0.0649. The van der Waals surface area contributed by atoms with E-state index >= 15 is 0 Å². The highest BCUT2D eigenvalue weighted by molar-refractivity contribution is 5.95. The standard InChI is InChI=1S/C20H25N3O2/c1-23(13-18-17-8-4-5-9-19(17)25-22-18)20(24)16-7-3-2-6-15(16)14-10-11-21-12-14/h2-3,6-7,14,21H,4-5,8-13H2,1H3/t14-/m0/s1. The predicted molar refractivity (Wildman–Crippen MR) is 95.6 cm³/mol. The van der Waals surface area contributed by atoms with E-state index in [1.54, 1.807) is 4.90 Å². The van der Waals surface area contributed by atoms with Crippen molar-refractivity contribution in [1.82, 2.24) is 15.4 Å². The molecule has 1 aromatic carbocycles. The molecular weight excluding hydrogens is 314 g/mol. The zero-order chi connectivity index (χ0) is 17.2. The molecule has 2 aliphatic rings. The van der Waals surface area contributed by atoms with E-state index in [1.807, 2.05) is 25.2 Å². The summed E-state index contributed by atoms with van der Waals surface area (Å²) in [5.74, 6) is 1.50. The molecule has 2 heterocycles. The van der Waals surface area contributed by atoms with Crippen LogP contribution < -0.4 is 5.32 Å². The van der Waals surface area contributed by atoms with Gasteiger partial charge in [-0.3, -0.25) is 4.79 Å². The molecule has 2 aromatic rings. The average Bonchev–Trinajstić information content (AvgIpc) is 3.32. The topological polar surface area (TPSA) is 58.4 Å². The summed E-state index contributed by atoms with van der Waals surface area (Å²) in [6.45, 7) is 2.48. The van der Waals surface area contributed by atoms with Crippen molar-refractivity contribution in [2.45, 2.75) is 44.6 Å². The molecule has 1 aromatic heterocycles. The fourth-order valence-corrected chi connectivity index (χ4v) is 4.04. The van der Waals surface area contributed by atoms with Gasteiger partial charge in [-0.15, -0.1) is 0 Å². The summed E-state index contributed by atoms with van der Waals surface area (Å²) >= 11 is 0. The molecule has 1 aliphatic heterocycles. The van der Waals surface area contributed by atoms with E-state index in [0.717, 1.165) is 54.9 Å². The van der Waals surface area contributed by atoms with Crippen LogP contribution in [0.1, 0.15) is 58.1 Å². The van der Waals surface area contributed by atoms with Crippen molar-refractivity contribution in [3.63, 3.8) is 0 Å². The van der Waals surface area contributed by atoms with Crippen molar-refractivity contribution in [2.24, 2.45) is 0 Å². The first-order chi connectivity index (χ1) is 12.2. The van der Waals surface area contributed by atoms with Crippen LogP contribution in [0.15, 0.2) is 28.8 Å². The number of amides is 1. The Hall–Kier alpha value is -2.14. The van der Waals surface area contributed by atoms with Crippen molar-refractivity contribution in [3.05, 3.63) is 52.4 Å². The molecule has 132 valence electrons. The van der Waals surface area contributed by atoms with E-state index in [4.69, 9.17) is 4.52 Å². The summed E-state index contributed by atoms with van der Waals surface area (Å²) in [5.41, 5.74) is 4.12. The maximum absolute atomic E-state index is 13.1. The first kappa shape index (κ1) is 16.3. The van der Waals surface area contributed by atoms with Crippen LogP contribution >= 0.6 is 0 Å². The summed E-state index contributed by atoms with van der Waals surface area (Å²) in [5, 5.41) is 7.62. The van der Waals surface area contributed by atoms with Crippen molar-refractivity contribution < 1.29 is 9.32 Å². The van der Waals surface area contributed by atoms with Crippen LogP contribution in [0.25, 0.3) is 0 Å². The second-order valence-corrected chi connectivity index (χ2v) is 7.18. The summed E-state index contributed by atoms with van der Waals surface area (Å²) < 4.78 is 5.48. The van der Waals surface area contributed by atoms with Gasteiger partial charge in [0.25, 0.3) is 5.91 Å². The van der Waals surface area contributed by atoms with Gasteiger partial charge in [0, 0.05) is 31.1 Å². The third kappa shape index (κ3) is 3.21. The minimum Gasteiger partial charge on any atom is -0.361 e. The molecule has 0 spiro atoms. The van der Waals surface area contributed by atoms with E-state index in [9.17, 15) is 4.79 Å². The molecule has 0 saturated carbocycles. The number of nitrogens with one attached hydrogen (secondary N) is 1. The van der Waals surface area contributed by atoms with Crippen LogP contribution in [0.2, 0.25) is 0 Å². The number of benzene rings is 1. The Bertz CT molecular complexity index is 762. The van der Waals surface area contributed by atoms with Gasteiger partial charge >= 0.3 is 0 Å². The SMILES string of the molecule is CN(Cc1noc2c1CCCC2)C(=O)c1ccccc1[C@H]1CCNC1. The molecule has 0 radical (unpaired) electrons. The second kappa shape index (κ2) is 7.00. The number of aromatic nitrogens is 1. The molecule has 1 saturated heterocycles. The average molecular weight is 339 g/mol. The van der Waals surface area contributed by atoms with Crippen molar-refractivity contribution >= 4 is 5.91 Å². The van der Waals surface area contributed by atoms with Crippen LogP contribution in [0, 0.1) is 0 Å². The number of fused-ring (bicyclic) bond motifs is 1. The minimum atomic E-state index is 0.0649. The lowest BCUT2D eigenvalue weighted by atomic mass is 9.92. The number of aryl methyl sites for hydroxylation is 1. The van der Waals surface area contributed by atoms with Crippen molar-refractivity contribution in [2.75, 3.05) is 20.1 Å². The highest BCUT2D eigenvalue weighted by atomic mass is 16.5. The van der Waals surface area contributed by atoms with Crippen LogP contribution in [-0.4, -0.2) is 36.1 Å². The van der Waals surface area contributed by atoms with E-state index in [2.05, 4.69) is 16.5 Å². The quantitative estimate of drug-likeness (QED) is 0.930. The molecule has 25 heavy (non-hydrogen) atoms. The number of rotatable bonds is 4. The molecule has 1 atom stereocenters. The maximum Gasteiger partial charge on any atom is 0.254 e. The Labute approximate surface area is 148 Å². The van der Waals surface area contributed by atoms with Crippen LogP contribution in [0.5, 0.6) is 0 Å². The summed E-state index contributed by atoms with van der Waals surface area (Å²) in [4.78, 5) is 14.8. The van der Waals surface area contributed by atoms with Crippen LogP contribution in [0.3, 0.4) is 0 Å². The van der Waals surface area contributed by atoms with Gasteiger partial charge in [-0.05, 0) is 49.8 Å². The number of hydrogen-bond donors (Lipinski definition) is 1. The number of carbonyl (C=O) groups is 1. The van der Waals surface area contributed by atoms with E-state index in [0.29, 0.717) is 12.5 Å². The lowest BCUT2D eigenvalue weighted by molar-refractivity contribution is 0.0780. The fraction of sp³-hybridized carbons (Fsp3) is 0.500. The van der Waals surface area contributed by atoms with Gasteiger partial charge in [-0.25, -0.2) is 0 Å². The van der Waals surface area contributed by atoms with Crippen LogP contribution in [0.4, 0.5) is 0 Å². The van der Waals surface area contributed by atoms with E-state index < -0.39 is 0 Å². The Morgan fingerprint density at radius 1 is 1.32 bits per heavy atom. The summed E-state index contributed by atoms with van der Waals surface area (Å²) in [6.07, 6.45) is 5.42. The molecular formula is C20H25N3O2.